The monoisotopic (exact) mass is 544 g/mol. The number of aryl methyl sites for hydroxylation is 1. The molecule has 0 aliphatic carbocycles. The summed E-state index contributed by atoms with van der Waals surface area (Å²) in [6.45, 7) is 6.67. The summed E-state index contributed by atoms with van der Waals surface area (Å²) in [7, 11) is -4.51. The van der Waals surface area contributed by atoms with Crippen molar-refractivity contribution in [2.24, 2.45) is 0 Å². The fourth-order valence-electron chi connectivity index (χ4n) is 5.86. The van der Waals surface area contributed by atoms with E-state index in [-0.39, 0.29) is 0 Å². The van der Waals surface area contributed by atoms with Crippen LogP contribution in [0.25, 0.3) is 22.3 Å². The molecule has 5 heteroatoms. The molecule has 0 saturated heterocycles. The Labute approximate surface area is 239 Å². The van der Waals surface area contributed by atoms with Gasteiger partial charge in [0.2, 0.25) is 8.32 Å². The lowest BCUT2D eigenvalue weighted by Gasteiger charge is -2.35. The lowest BCUT2D eigenvalue weighted by atomic mass is 9.90. The fraction of sp³-hybridized carbons (Fsp3) is 0.471. The van der Waals surface area contributed by atoms with Crippen LogP contribution in [0, 0.1) is 0 Å². The molecule has 0 spiro atoms. The van der Waals surface area contributed by atoms with Crippen LogP contribution in [0.4, 0.5) is 0 Å². The van der Waals surface area contributed by atoms with Crippen LogP contribution in [0.1, 0.15) is 90.5 Å². The highest BCUT2D eigenvalue weighted by Crippen LogP contribution is 2.37. The molecular formula is C34H49BO3Si. The van der Waals surface area contributed by atoms with Gasteiger partial charge in [-0.05, 0) is 57.9 Å². The molecule has 3 aromatic rings. The minimum absolute atomic E-state index is 0.881. The summed E-state index contributed by atoms with van der Waals surface area (Å²) in [4.78, 5) is 0. The van der Waals surface area contributed by atoms with Gasteiger partial charge in [0.05, 0.1) is 0 Å². The van der Waals surface area contributed by atoms with Gasteiger partial charge in [-0.1, -0.05) is 151 Å². The molecule has 0 unspecified atom stereocenters. The van der Waals surface area contributed by atoms with Crippen molar-refractivity contribution in [3.05, 3.63) is 78.4 Å². The molecular weight excluding hydrogens is 495 g/mol. The lowest BCUT2D eigenvalue weighted by molar-refractivity contribution is 0.283. The molecule has 0 bridgehead atoms. The first-order valence-corrected chi connectivity index (χ1v) is 17.7. The van der Waals surface area contributed by atoms with Gasteiger partial charge < -0.3 is 14.4 Å². The Bertz CT molecular complexity index is 1090. The van der Waals surface area contributed by atoms with E-state index in [2.05, 4.69) is 93.6 Å². The van der Waals surface area contributed by atoms with E-state index in [1.54, 1.807) is 0 Å². The molecule has 3 rings (SSSR count). The van der Waals surface area contributed by atoms with Gasteiger partial charge >= 0.3 is 7.32 Å². The van der Waals surface area contributed by atoms with E-state index < -0.39 is 15.6 Å². The van der Waals surface area contributed by atoms with Gasteiger partial charge in [0.15, 0.2) is 0 Å². The second kappa shape index (κ2) is 16.8. The standard InChI is InChI=1S/C34H49BO3Si/c1-4-7-10-11-12-14-20-30-23-17-18-24-31(30)34-32(29-21-15-13-16-22-29)25-19-26-33(34)39(27-8-5-2,28-9-6-3)38-35(36)37/h13,15-19,21-26,36-37H,4-12,14,20,27-28H2,1-3H3. The number of rotatable bonds is 18. The Hall–Kier alpha value is -2.18. The van der Waals surface area contributed by atoms with Crippen LogP contribution in [-0.4, -0.2) is 25.7 Å². The first-order chi connectivity index (χ1) is 19.1. The molecule has 210 valence electrons. The second-order valence-corrected chi connectivity index (χ2v) is 14.7. The summed E-state index contributed by atoms with van der Waals surface area (Å²) in [5, 5.41) is 21.6. The van der Waals surface area contributed by atoms with Crippen molar-refractivity contribution in [1.29, 1.82) is 0 Å². The average Bonchev–Trinajstić information content (AvgIpc) is 2.96. The van der Waals surface area contributed by atoms with Crippen molar-refractivity contribution in [3.63, 3.8) is 0 Å². The van der Waals surface area contributed by atoms with E-state index in [1.807, 2.05) is 0 Å². The van der Waals surface area contributed by atoms with E-state index in [4.69, 9.17) is 4.34 Å². The zero-order valence-corrected chi connectivity index (χ0v) is 25.5. The van der Waals surface area contributed by atoms with Crippen LogP contribution in [0.2, 0.25) is 12.1 Å². The molecule has 39 heavy (non-hydrogen) atoms. The smallest absolute Gasteiger partial charge is 0.424 e. The fourth-order valence-corrected chi connectivity index (χ4v) is 10.4. The third-order valence-corrected chi connectivity index (χ3v) is 12.3. The van der Waals surface area contributed by atoms with Gasteiger partial charge in [0.25, 0.3) is 0 Å². The summed E-state index contributed by atoms with van der Waals surface area (Å²) in [6, 6.07) is 27.8. The van der Waals surface area contributed by atoms with E-state index in [9.17, 15) is 10.0 Å². The molecule has 0 amide bonds. The van der Waals surface area contributed by atoms with Crippen LogP contribution in [0.5, 0.6) is 0 Å². The largest absolute Gasteiger partial charge is 0.623 e. The van der Waals surface area contributed by atoms with Crippen LogP contribution >= 0.6 is 0 Å². The van der Waals surface area contributed by atoms with Gasteiger partial charge in [-0.25, -0.2) is 0 Å². The Morgan fingerprint density at radius 3 is 1.87 bits per heavy atom. The normalized spacial score (nSPS) is 11.6. The van der Waals surface area contributed by atoms with Gasteiger partial charge in [0, 0.05) is 0 Å². The van der Waals surface area contributed by atoms with Crippen LogP contribution < -0.4 is 5.19 Å². The Morgan fingerprint density at radius 2 is 1.21 bits per heavy atom. The Balaban J connectivity index is 2.19. The van der Waals surface area contributed by atoms with Crippen molar-refractivity contribution in [3.8, 4) is 22.3 Å². The highest BCUT2D eigenvalue weighted by atomic mass is 28.4. The van der Waals surface area contributed by atoms with E-state index in [0.29, 0.717) is 0 Å². The van der Waals surface area contributed by atoms with Gasteiger partial charge in [-0.2, -0.15) is 0 Å². The topological polar surface area (TPSA) is 49.7 Å². The number of unbranched alkanes of at least 4 members (excludes halogenated alkanes) is 7. The lowest BCUT2D eigenvalue weighted by Crippen LogP contribution is -2.55. The molecule has 0 aromatic heterocycles. The van der Waals surface area contributed by atoms with Crippen molar-refractivity contribution in [2.75, 3.05) is 0 Å². The summed E-state index contributed by atoms with van der Waals surface area (Å²) in [5.41, 5.74) is 6.24. The maximum absolute atomic E-state index is 10.2. The highest BCUT2D eigenvalue weighted by Gasteiger charge is 2.41. The maximum atomic E-state index is 10.2. The number of hydrogen-bond donors (Lipinski definition) is 2. The first-order valence-electron chi connectivity index (χ1n) is 15.4. The van der Waals surface area contributed by atoms with E-state index >= 15 is 0 Å². The number of benzene rings is 3. The minimum atomic E-state index is -2.74. The third-order valence-electron chi connectivity index (χ3n) is 7.93. The van der Waals surface area contributed by atoms with Gasteiger partial charge in [-0.15, -0.1) is 0 Å². The van der Waals surface area contributed by atoms with Crippen molar-refractivity contribution < 1.29 is 14.4 Å². The Kier molecular flexibility index (Phi) is 13.5. The predicted octanol–water partition coefficient (Wildman–Crippen LogP) is 8.66. The molecule has 2 N–H and O–H groups in total. The molecule has 0 aliphatic rings. The third kappa shape index (κ3) is 8.91. The zero-order valence-electron chi connectivity index (χ0n) is 24.5. The van der Waals surface area contributed by atoms with Crippen LogP contribution in [0.15, 0.2) is 72.8 Å². The second-order valence-electron chi connectivity index (χ2n) is 10.9. The van der Waals surface area contributed by atoms with Crippen molar-refractivity contribution >= 4 is 20.8 Å². The number of hydrogen-bond acceptors (Lipinski definition) is 3. The van der Waals surface area contributed by atoms with Crippen molar-refractivity contribution in [1.82, 2.24) is 0 Å². The summed E-state index contributed by atoms with van der Waals surface area (Å²) >= 11 is 0. The SMILES string of the molecule is CCCCCCCCc1ccccc1-c1c(-c2ccccc2)cccc1[Si](CCCC)(CCCC)OB(O)O. The van der Waals surface area contributed by atoms with E-state index in [0.717, 1.165) is 44.2 Å². The van der Waals surface area contributed by atoms with Crippen molar-refractivity contribution in [2.45, 2.75) is 103 Å². The molecule has 0 heterocycles. The maximum Gasteiger partial charge on any atom is 0.623 e. The Morgan fingerprint density at radius 1 is 0.615 bits per heavy atom. The molecule has 0 aliphatic heterocycles. The molecule has 0 saturated carbocycles. The summed E-state index contributed by atoms with van der Waals surface area (Å²) in [6.07, 6.45) is 12.8. The molecule has 0 radical (unpaired) electrons. The predicted molar refractivity (Wildman–Crippen MR) is 170 cm³/mol. The van der Waals surface area contributed by atoms with Crippen LogP contribution in [-0.2, 0) is 10.8 Å². The quantitative estimate of drug-likeness (QED) is 0.124. The minimum Gasteiger partial charge on any atom is -0.424 e. The molecule has 3 nitrogen and oxygen atoms in total. The summed E-state index contributed by atoms with van der Waals surface area (Å²) in [5.74, 6) is 0. The average molecular weight is 545 g/mol. The van der Waals surface area contributed by atoms with Gasteiger partial charge in [-0.3, -0.25) is 0 Å². The molecule has 3 aromatic carbocycles. The zero-order chi connectivity index (χ0) is 27.9. The highest BCUT2D eigenvalue weighted by molar-refractivity contribution is 6.90. The van der Waals surface area contributed by atoms with Gasteiger partial charge in [0.1, 0.15) is 0 Å². The molecule has 0 atom stereocenters. The van der Waals surface area contributed by atoms with Crippen LogP contribution in [0.3, 0.4) is 0 Å². The van der Waals surface area contributed by atoms with E-state index in [1.165, 1.54) is 71.5 Å². The summed E-state index contributed by atoms with van der Waals surface area (Å²) < 4.78 is 6.31. The molecule has 0 fully saturated rings. The first kappa shape index (κ1) is 31.4.